The molecule has 1 aromatic rings. The molecule has 5 nitrogen and oxygen atoms in total. The maximum absolute atomic E-state index is 12.1. The van der Waals surface area contributed by atoms with E-state index in [9.17, 15) is 9.59 Å². The van der Waals surface area contributed by atoms with Crippen LogP contribution < -0.4 is 5.32 Å². The van der Waals surface area contributed by atoms with Crippen LogP contribution in [-0.4, -0.2) is 49.1 Å². The van der Waals surface area contributed by atoms with E-state index in [1.165, 1.54) is 0 Å². The van der Waals surface area contributed by atoms with Crippen molar-refractivity contribution >= 4 is 11.8 Å². The molecule has 1 aliphatic rings. The van der Waals surface area contributed by atoms with Gasteiger partial charge in [0.2, 0.25) is 5.91 Å². The van der Waals surface area contributed by atoms with Crippen LogP contribution in [0.25, 0.3) is 0 Å². The summed E-state index contributed by atoms with van der Waals surface area (Å²) in [6, 6.07) is 5.66. The lowest BCUT2D eigenvalue weighted by Gasteiger charge is -2.31. The van der Waals surface area contributed by atoms with Gasteiger partial charge in [0.25, 0.3) is 5.91 Å². The van der Waals surface area contributed by atoms with Crippen molar-refractivity contribution in [3.63, 3.8) is 0 Å². The zero-order chi connectivity index (χ0) is 15.4. The van der Waals surface area contributed by atoms with Crippen molar-refractivity contribution in [3.05, 3.63) is 34.9 Å². The number of morpholine rings is 1. The smallest absolute Gasteiger partial charge is 0.251 e. The predicted octanol–water partition coefficient (Wildman–Crippen LogP) is 1.28. The largest absolute Gasteiger partial charge is 0.375 e. The number of hydrogen-bond donors (Lipinski definition) is 1. The second-order valence-electron chi connectivity index (χ2n) is 5.58. The summed E-state index contributed by atoms with van der Waals surface area (Å²) in [5, 5.41) is 2.69. The van der Waals surface area contributed by atoms with Gasteiger partial charge in [-0.25, -0.2) is 0 Å². The van der Waals surface area contributed by atoms with Crippen molar-refractivity contribution in [2.24, 2.45) is 0 Å². The van der Waals surface area contributed by atoms with Gasteiger partial charge in [-0.1, -0.05) is 17.2 Å². The lowest BCUT2D eigenvalue weighted by molar-refractivity contribution is -0.137. The molecule has 0 aliphatic carbocycles. The first-order chi connectivity index (χ1) is 9.95. The Morgan fingerprint density at radius 1 is 1.29 bits per heavy atom. The van der Waals surface area contributed by atoms with E-state index >= 15 is 0 Å². The normalized spacial score (nSPS) is 18.4. The minimum Gasteiger partial charge on any atom is -0.375 e. The van der Waals surface area contributed by atoms with Gasteiger partial charge in [0.05, 0.1) is 19.3 Å². The van der Waals surface area contributed by atoms with Crippen molar-refractivity contribution in [3.8, 4) is 0 Å². The van der Waals surface area contributed by atoms with Crippen LogP contribution in [0.5, 0.6) is 0 Å². The average molecular weight is 290 g/mol. The summed E-state index contributed by atoms with van der Waals surface area (Å²) in [4.78, 5) is 25.9. The van der Waals surface area contributed by atoms with E-state index in [0.29, 0.717) is 25.3 Å². The molecule has 1 fully saturated rings. The summed E-state index contributed by atoms with van der Waals surface area (Å²) in [6.07, 6.45) is 0.0535. The molecule has 1 aromatic carbocycles. The van der Waals surface area contributed by atoms with Crippen LogP contribution in [-0.2, 0) is 9.53 Å². The molecule has 1 N–H and O–H groups in total. The molecule has 0 bridgehead atoms. The minimum atomic E-state index is -0.212. The van der Waals surface area contributed by atoms with E-state index in [-0.39, 0.29) is 24.5 Å². The molecule has 2 rings (SSSR count). The molecular weight excluding hydrogens is 268 g/mol. The second-order valence-corrected chi connectivity index (χ2v) is 5.58. The Labute approximate surface area is 125 Å². The van der Waals surface area contributed by atoms with Gasteiger partial charge in [-0.3, -0.25) is 9.59 Å². The number of nitrogens with zero attached hydrogens (tertiary/aromatic N) is 1. The molecule has 21 heavy (non-hydrogen) atoms. The highest BCUT2D eigenvalue weighted by Gasteiger charge is 2.21. The van der Waals surface area contributed by atoms with E-state index in [1.807, 2.05) is 39.0 Å². The summed E-state index contributed by atoms with van der Waals surface area (Å²) in [5.74, 6) is -0.278. The van der Waals surface area contributed by atoms with Crippen LogP contribution in [0.3, 0.4) is 0 Å². The van der Waals surface area contributed by atoms with Gasteiger partial charge in [0, 0.05) is 18.7 Å². The highest BCUT2D eigenvalue weighted by atomic mass is 16.5. The Bertz CT molecular complexity index is 522. The van der Waals surface area contributed by atoms with Crippen molar-refractivity contribution in [1.82, 2.24) is 10.2 Å². The van der Waals surface area contributed by atoms with Gasteiger partial charge < -0.3 is 15.0 Å². The SMILES string of the molecule is Cc1cc(C)cc(C(=O)NCC(=O)N2CCOC(C)C2)c1. The van der Waals surface area contributed by atoms with Crippen LogP contribution in [0, 0.1) is 13.8 Å². The third-order valence-electron chi connectivity index (χ3n) is 3.48. The molecule has 0 spiro atoms. The molecule has 5 heteroatoms. The standard InChI is InChI=1S/C16H22N2O3/c1-11-6-12(2)8-14(7-11)16(20)17-9-15(19)18-4-5-21-13(3)10-18/h6-8,13H,4-5,9-10H2,1-3H3,(H,17,20). The quantitative estimate of drug-likeness (QED) is 0.912. The van der Waals surface area contributed by atoms with Gasteiger partial charge in [0.15, 0.2) is 0 Å². The number of hydrogen-bond acceptors (Lipinski definition) is 3. The Morgan fingerprint density at radius 3 is 2.57 bits per heavy atom. The summed E-state index contributed by atoms with van der Waals surface area (Å²) >= 11 is 0. The maximum Gasteiger partial charge on any atom is 0.251 e. The number of ether oxygens (including phenoxy) is 1. The lowest BCUT2D eigenvalue weighted by atomic mass is 10.1. The Kier molecular flexibility index (Phi) is 4.96. The van der Waals surface area contributed by atoms with Crippen LogP contribution in [0.1, 0.15) is 28.4 Å². The predicted molar refractivity (Wildman–Crippen MR) is 80.2 cm³/mol. The molecule has 114 valence electrons. The van der Waals surface area contributed by atoms with E-state index in [0.717, 1.165) is 11.1 Å². The monoisotopic (exact) mass is 290 g/mol. The first kappa shape index (κ1) is 15.5. The summed E-state index contributed by atoms with van der Waals surface area (Å²) in [5.41, 5.74) is 2.66. The average Bonchev–Trinajstić information content (AvgIpc) is 2.43. The molecular formula is C16H22N2O3. The van der Waals surface area contributed by atoms with Gasteiger partial charge in [-0.05, 0) is 32.9 Å². The zero-order valence-electron chi connectivity index (χ0n) is 12.8. The fourth-order valence-corrected chi connectivity index (χ4v) is 2.52. The van der Waals surface area contributed by atoms with Crippen molar-refractivity contribution in [2.75, 3.05) is 26.2 Å². The molecule has 0 aromatic heterocycles. The highest BCUT2D eigenvalue weighted by Crippen LogP contribution is 2.09. The second kappa shape index (κ2) is 6.72. The Morgan fingerprint density at radius 2 is 1.95 bits per heavy atom. The molecule has 1 atom stereocenters. The molecule has 0 saturated carbocycles. The third-order valence-corrected chi connectivity index (χ3v) is 3.48. The van der Waals surface area contributed by atoms with Gasteiger partial charge in [-0.2, -0.15) is 0 Å². The van der Waals surface area contributed by atoms with E-state index in [1.54, 1.807) is 4.90 Å². The summed E-state index contributed by atoms with van der Waals surface area (Å²) in [7, 11) is 0. The van der Waals surface area contributed by atoms with Gasteiger partial charge in [0.1, 0.15) is 0 Å². The highest BCUT2D eigenvalue weighted by molar-refractivity contribution is 5.96. The number of carbonyl (C=O) groups is 2. The van der Waals surface area contributed by atoms with Crippen LogP contribution in [0.15, 0.2) is 18.2 Å². The zero-order valence-corrected chi connectivity index (χ0v) is 12.8. The number of rotatable bonds is 3. The number of carbonyl (C=O) groups excluding carboxylic acids is 2. The minimum absolute atomic E-state index is 0.0263. The molecule has 0 radical (unpaired) electrons. The molecule has 2 amide bonds. The van der Waals surface area contributed by atoms with E-state index in [4.69, 9.17) is 4.74 Å². The van der Waals surface area contributed by atoms with Crippen molar-refractivity contribution in [1.29, 1.82) is 0 Å². The molecule has 1 saturated heterocycles. The van der Waals surface area contributed by atoms with E-state index < -0.39 is 0 Å². The van der Waals surface area contributed by atoms with Gasteiger partial charge >= 0.3 is 0 Å². The van der Waals surface area contributed by atoms with Crippen LogP contribution in [0.4, 0.5) is 0 Å². The molecule has 1 heterocycles. The number of amides is 2. The number of nitrogens with one attached hydrogen (secondary N) is 1. The summed E-state index contributed by atoms with van der Waals surface area (Å²) in [6.45, 7) is 7.58. The Hall–Kier alpha value is -1.88. The van der Waals surface area contributed by atoms with Crippen LogP contribution >= 0.6 is 0 Å². The number of benzene rings is 1. The first-order valence-corrected chi connectivity index (χ1v) is 7.21. The first-order valence-electron chi connectivity index (χ1n) is 7.21. The molecule has 1 unspecified atom stereocenters. The third kappa shape index (κ3) is 4.29. The maximum atomic E-state index is 12.1. The lowest BCUT2D eigenvalue weighted by Crippen LogP contribution is -2.48. The van der Waals surface area contributed by atoms with Gasteiger partial charge in [-0.15, -0.1) is 0 Å². The fourth-order valence-electron chi connectivity index (χ4n) is 2.52. The number of aryl methyl sites for hydroxylation is 2. The summed E-state index contributed by atoms with van der Waals surface area (Å²) < 4.78 is 5.40. The van der Waals surface area contributed by atoms with E-state index in [2.05, 4.69) is 5.32 Å². The van der Waals surface area contributed by atoms with Crippen molar-refractivity contribution in [2.45, 2.75) is 26.9 Å². The topological polar surface area (TPSA) is 58.6 Å². The molecule has 1 aliphatic heterocycles. The fraction of sp³-hybridized carbons (Fsp3) is 0.500. The van der Waals surface area contributed by atoms with Crippen LogP contribution in [0.2, 0.25) is 0 Å². The Balaban J connectivity index is 1.90. The van der Waals surface area contributed by atoms with Crippen molar-refractivity contribution < 1.29 is 14.3 Å².